The zero-order valence-electron chi connectivity index (χ0n) is 11.5. The van der Waals surface area contributed by atoms with Gasteiger partial charge in [0.25, 0.3) is 0 Å². The van der Waals surface area contributed by atoms with Gasteiger partial charge in [-0.15, -0.1) is 0 Å². The Kier molecular flexibility index (Phi) is 2.75. The Hall–Kier alpha value is -1.11. The summed E-state index contributed by atoms with van der Waals surface area (Å²) in [5, 5.41) is 0. The van der Waals surface area contributed by atoms with Gasteiger partial charge in [-0.3, -0.25) is 4.79 Å². The molecule has 2 fully saturated rings. The van der Waals surface area contributed by atoms with E-state index < -0.39 is 0 Å². The van der Waals surface area contributed by atoms with Crippen LogP contribution >= 0.6 is 0 Å². The van der Waals surface area contributed by atoms with Gasteiger partial charge in [-0.2, -0.15) is 0 Å². The van der Waals surface area contributed by atoms with Crippen LogP contribution in [-0.2, 0) is 11.2 Å². The summed E-state index contributed by atoms with van der Waals surface area (Å²) in [7, 11) is 0. The molecule has 0 radical (unpaired) electrons. The van der Waals surface area contributed by atoms with E-state index in [1.54, 1.807) is 0 Å². The summed E-state index contributed by atoms with van der Waals surface area (Å²) in [6.45, 7) is 0. The number of hydrogen-bond donors (Lipinski definition) is 0. The molecule has 100 valence electrons. The van der Waals surface area contributed by atoms with Crippen LogP contribution in [-0.4, -0.2) is 5.78 Å². The highest BCUT2D eigenvalue weighted by Gasteiger charge is 2.56. The maximum Gasteiger partial charge on any atom is 0.137 e. The molecule has 1 aromatic rings. The van der Waals surface area contributed by atoms with Gasteiger partial charge in [0.1, 0.15) is 5.78 Å². The van der Waals surface area contributed by atoms with E-state index in [1.165, 1.54) is 49.7 Å². The second-order valence-electron chi connectivity index (χ2n) is 6.74. The molecular formula is C18H22O. The third-order valence-electron chi connectivity index (χ3n) is 5.72. The van der Waals surface area contributed by atoms with E-state index >= 15 is 0 Å². The van der Waals surface area contributed by atoms with Crippen molar-refractivity contribution in [3.05, 3.63) is 35.4 Å². The lowest BCUT2D eigenvalue weighted by molar-refractivity contribution is -0.121. The monoisotopic (exact) mass is 254 g/mol. The first-order valence-corrected chi connectivity index (χ1v) is 7.95. The summed E-state index contributed by atoms with van der Waals surface area (Å²) in [5.74, 6) is 3.12. The Morgan fingerprint density at radius 2 is 1.84 bits per heavy atom. The molecule has 0 N–H and O–H groups in total. The van der Waals surface area contributed by atoms with Crippen LogP contribution in [0, 0.1) is 17.8 Å². The van der Waals surface area contributed by atoms with E-state index in [0.29, 0.717) is 17.6 Å². The lowest BCUT2D eigenvalue weighted by Gasteiger charge is -2.25. The highest BCUT2D eigenvalue weighted by atomic mass is 16.1. The molecule has 1 nitrogen and oxygen atoms in total. The van der Waals surface area contributed by atoms with Gasteiger partial charge in [-0.1, -0.05) is 30.7 Å². The first-order valence-electron chi connectivity index (χ1n) is 7.95. The smallest absolute Gasteiger partial charge is 0.137 e. The van der Waals surface area contributed by atoms with E-state index in [2.05, 4.69) is 24.3 Å². The van der Waals surface area contributed by atoms with Crippen LogP contribution in [0.3, 0.4) is 0 Å². The fourth-order valence-corrected chi connectivity index (χ4v) is 4.74. The molecule has 2 saturated carbocycles. The number of rotatable bonds is 3. The number of fused-ring (bicyclic) bond motifs is 2. The van der Waals surface area contributed by atoms with E-state index in [9.17, 15) is 4.79 Å². The highest BCUT2D eigenvalue weighted by molar-refractivity contribution is 5.85. The van der Waals surface area contributed by atoms with Crippen molar-refractivity contribution >= 4 is 5.78 Å². The third-order valence-corrected chi connectivity index (χ3v) is 5.72. The minimum atomic E-state index is 0.461. The van der Waals surface area contributed by atoms with Crippen LogP contribution in [0.5, 0.6) is 0 Å². The van der Waals surface area contributed by atoms with Gasteiger partial charge in [0, 0.05) is 12.3 Å². The van der Waals surface area contributed by atoms with Gasteiger partial charge in [0.05, 0.1) is 0 Å². The van der Waals surface area contributed by atoms with Gasteiger partial charge in [0.2, 0.25) is 0 Å². The average molecular weight is 254 g/mol. The molecule has 3 aliphatic carbocycles. The summed E-state index contributed by atoms with van der Waals surface area (Å²) in [6, 6.07) is 8.76. The van der Waals surface area contributed by atoms with Gasteiger partial charge in [-0.25, -0.2) is 0 Å². The van der Waals surface area contributed by atoms with Crippen molar-refractivity contribution in [2.24, 2.45) is 17.8 Å². The highest BCUT2D eigenvalue weighted by Crippen LogP contribution is 2.58. The molecule has 0 heterocycles. The number of aryl methyl sites for hydroxylation is 1. The molecule has 3 unspecified atom stereocenters. The molecule has 3 aliphatic rings. The molecule has 4 rings (SSSR count). The third kappa shape index (κ3) is 1.94. The number of Topliss-reactive ketones (excluding diaryl/α,β-unsaturated/α-hetero) is 1. The molecular weight excluding hydrogens is 232 g/mol. The molecule has 0 saturated heterocycles. The second kappa shape index (κ2) is 4.47. The van der Waals surface area contributed by atoms with E-state index in [1.807, 2.05) is 0 Å². The molecule has 0 bridgehead atoms. The van der Waals surface area contributed by atoms with E-state index in [4.69, 9.17) is 0 Å². The van der Waals surface area contributed by atoms with Crippen LogP contribution in [0.25, 0.3) is 0 Å². The first-order chi connectivity index (χ1) is 9.34. The predicted molar refractivity (Wildman–Crippen MR) is 76.1 cm³/mol. The van der Waals surface area contributed by atoms with Crippen molar-refractivity contribution in [1.29, 1.82) is 0 Å². The normalized spacial score (nSPS) is 35.6. The molecule has 0 aromatic heterocycles. The number of carbonyl (C=O) groups excluding carboxylic acids is 1. The quantitative estimate of drug-likeness (QED) is 0.793. The number of carbonyl (C=O) groups is 1. The molecule has 0 aliphatic heterocycles. The molecule has 3 atom stereocenters. The maximum absolute atomic E-state index is 12.5. The molecule has 0 amide bonds. The summed E-state index contributed by atoms with van der Waals surface area (Å²) in [5.41, 5.74) is 2.95. The van der Waals surface area contributed by atoms with Crippen molar-refractivity contribution in [2.45, 2.75) is 50.9 Å². The second-order valence-corrected chi connectivity index (χ2v) is 6.74. The van der Waals surface area contributed by atoms with Crippen molar-refractivity contribution in [3.63, 3.8) is 0 Å². The van der Waals surface area contributed by atoms with Gasteiger partial charge in [0.15, 0.2) is 0 Å². The lowest BCUT2D eigenvalue weighted by Crippen LogP contribution is -2.16. The molecule has 0 spiro atoms. The zero-order chi connectivity index (χ0) is 12.8. The number of benzene rings is 1. The van der Waals surface area contributed by atoms with Gasteiger partial charge < -0.3 is 0 Å². The van der Waals surface area contributed by atoms with Crippen LogP contribution in [0.2, 0.25) is 0 Å². The average Bonchev–Trinajstić information content (AvgIpc) is 2.93. The van der Waals surface area contributed by atoms with Crippen LogP contribution in [0.15, 0.2) is 24.3 Å². The van der Waals surface area contributed by atoms with E-state index in [-0.39, 0.29) is 0 Å². The van der Waals surface area contributed by atoms with Crippen molar-refractivity contribution in [1.82, 2.24) is 0 Å². The Morgan fingerprint density at radius 1 is 1.05 bits per heavy atom. The minimum absolute atomic E-state index is 0.461. The Bertz CT molecular complexity index is 494. The fraction of sp³-hybridized carbons (Fsp3) is 0.611. The first kappa shape index (κ1) is 11.7. The Morgan fingerprint density at radius 3 is 2.68 bits per heavy atom. The van der Waals surface area contributed by atoms with Crippen LogP contribution < -0.4 is 0 Å². The fourth-order valence-electron chi connectivity index (χ4n) is 4.74. The van der Waals surface area contributed by atoms with Crippen LogP contribution in [0.1, 0.15) is 55.6 Å². The van der Waals surface area contributed by atoms with Crippen molar-refractivity contribution in [3.8, 4) is 0 Å². The lowest BCUT2D eigenvalue weighted by atomic mass is 9.79. The van der Waals surface area contributed by atoms with Gasteiger partial charge in [-0.05, 0) is 61.0 Å². The topological polar surface area (TPSA) is 17.1 Å². The van der Waals surface area contributed by atoms with E-state index in [0.717, 1.165) is 18.3 Å². The molecule has 1 aromatic carbocycles. The summed E-state index contributed by atoms with van der Waals surface area (Å²) >= 11 is 0. The largest absolute Gasteiger partial charge is 0.299 e. The standard InChI is InChI=1S/C18H22O/c19-17(18-15-9-4-10-16(15)18)11-13-7-3-6-12-5-1-2-8-14(12)13/h1-2,5,8,13,15-16,18H,3-4,6-7,9-11H2. The van der Waals surface area contributed by atoms with Gasteiger partial charge >= 0.3 is 0 Å². The number of ketones is 1. The summed E-state index contributed by atoms with van der Waals surface area (Å²) in [4.78, 5) is 12.5. The maximum atomic E-state index is 12.5. The SMILES string of the molecule is O=C(CC1CCCc2ccccc21)C1C2CCCC21. The molecule has 19 heavy (non-hydrogen) atoms. The van der Waals surface area contributed by atoms with Crippen molar-refractivity contribution in [2.75, 3.05) is 0 Å². The summed E-state index contributed by atoms with van der Waals surface area (Å²) < 4.78 is 0. The Balaban J connectivity index is 1.48. The molecule has 1 heteroatoms. The minimum Gasteiger partial charge on any atom is -0.299 e. The van der Waals surface area contributed by atoms with Crippen LogP contribution in [0.4, 0.5) is 0 Å². The number of hydrogen-bond acceptors (Lipinski definition) is 1. The summed E-state index contributed by atoms with van der Waals surface area (Å²) in [6.07, 6.45) is 8.50. The Labute approximate surface area is 115 Å². The predicted octanol–water partition coefficient (Wildman–Crippen LogP) is 4.11. The van der Waals surface area contributed by atoms with Crippen molar-refractivity contribution < 1.29 is 4.79 Å². The zero-order valence-corrected chi connectivity index (χ0v) is 11.5.